The van der Waals surface area contributed by atoms with Gasteiger partial charge in [-0.3, -0.25) is 4.79 Å². The number of carboxylic acid groups (broad SMARTS) is 1. The van der Waals surface area contributed by atoms with Gasteiger partial charge in [-0.15, -0.1) is 37.2 Å². The van der Waals surface area contributed by atoms with Gasteiger partial charge in [-0.2, -0.15) is 0 Å². The molecule has 0 atom stereocenters. The number of hydrogen-bond donors (Lipinski definition) is 2. The van der Waals surface area contributed by atoms with Crippen molar-refractivity contribution < 1.29 is 14.7 Å². The summed E-state index contributed by atoms with van der Waals surface area (Å²) in [4.78, 5) is 34.1. The van der Waals surface area contributed by atoms with Crippen LogP contribution >= 0.6 is 37.2 Å². The van der Waals surface area contributed by atoms with E-state index in [1.807, 2.05) is 43.3 Å². The average Bonchev–Trinajstić information content (AvgIpc) is 2.89. The SMILES string of the molecule is Cc1ccccc1C(=O)Nc1ccc2nc(N3CCN(c4ccccc4)CC3)cc(C(=O)O)c2c1.Cl.Cl.Cl. The Bertz CT molecular complexity index is 1410. The Morgan fingerprint density at radius 1 is 0.789 bits per heavy atom. The van der Waals surface area contributed by atoms with Gasteiger partial charge in [0.05, 0.1) is 11.1 Å². The fraction of sp³-hybridized carbons (Fsp3) is 0.179. The second-order valence-corrected chi connectivity index (χ2v) is 8.64. The molecule has 2 heterocycles. The lowest BCUT2D eigenvalue weighted by molar-refractivity contribution is 0.0698. The van der Waals surface area contributed by atoms with E-state index in [2.05, 4.69) is 27.2 Å². The molecule has 0 saturated carbocycles. The van der Waals surface area contributed by atoms with Gasteiger partial charge in [-0.1, -0.05) is 36.4 Å². The lowest BCUT2D eigenvalue weighted by Crippen LogP contribution is -2.46. The second kappa shape index (κ2) is 13.3. The molecule has 2 N–H and O–H groups in total. The summed E-state index contributed by atoms with van der Waals surface area (Å²) < 4.78 is 0. The maximum atomic E-state index is 12.7. The molecule has 0 spiro atoms. The topological polar surface area (TPSA) is 85.8 Å². The van der Waals surface area contributed by atoms with E-state index in [-0.39, 0.29) is 48.7 Å². The van der Waals surface area contributed by atoms with Crippen LogP contribution in [-0.2, 0) is 0 Å². The first-order valence-electron chi connectivity index (χ1n) is 11.6. The highest BCUT2D eigenvalue weighted by atomic mass is 35.5. The fourth-order valence-electron chi connectivity index (χ4n) is 4.49. The Labute approximate surface area is 240 Å². The van der Waals surface area contributed by atoms with Gasteiger partial charge >= 0.3 is 5.97 Å². The van der Waals surface area contributed by atoms with Crippen LogP contribution in [0.25, 0.3) is 10.9 Å². The number of nitrogens with zero attached hydrogens (tertiary/aromatic N) is 3. The Morgan fingerprint density at radius 2 is 1.42 bits per heavy atom. The zero-order valence-corrected chi connectivity index (χ0v) is 23.1. The average molecular weight is 576 g/mol. The number of halogens is 3. The van der Waals surface area contributed by atoms with Crippen LogP contribution in [0.5, 0.6) is 0 Å². The summed E-state index contributed by atoms with van der Waals surface area (Å²) in [5.74, 6) is -0.608. The predicted octanol–water partition coefficient (Wildman–Crippen LogP) is 6.09. The molecule has 7 nitrogen and oxygen atoms in total. The van der Waals surface area contributed by atoms with E-state index in [1.54, 1.807) is 30.3 Å². The van der Waals surface area contributed by atoms with E-state index < -0.39 is 5.97 Å². The van der Waals surface area contributed by atoms with Crippen LogP contribution in [0, 0.1) is 6.92 Å². The summed E-state index contributed by atoms with van der Waals surface area (Å²) >= 11 is 0. The van der Waals surface area contributed by atoms with Crippen LogP contribution in [0.15, 0.2) is 78.9 Å². The zero-order valence-electron chi connectivity index (χ0n) is 20.7. The van der Waals surface area contributed by atoms with Crippen LogP contribution in [0.2, 0.25) is 0 Å². The molecule has 0 bridgehead atoms. The van der Waals surface area contributed by atoms with Crippen molar-refractivity contribution in [1.29, 1.82) is 0 Å². The Hall–Kier alpha value is -3.52. The molecule has 5 rings (SSSR count). The number of para-hydroxylation sites is 1. The number of aromatic nitrogens is 1. The van der Waals surface area contributed by atoms with Gasteiger partial charge in [0, 0.05) is 48.5 Å². The summed E-state index contributed by atoms with van der Waals surface area (Å²) in [6, 6.07) is 24.4. The predicted molar refractivity (Wildman–Crippen MR) is 160 cm³/mol. The molecule has 38 heavy (non-hydrogen) atoms. The normalized spacial score (nSPS) is 12.6. The van der Waals surface area contributed by atoms with E-state index in [0.29, 0.717) is 28.0 Å². The molecule has 0 unspecified atom stereocenters. The lowest BCUT2D eigenvalue weighted by atomic mass is 10.1. The third-order valence-corrected chi connectivity index (χ3v) is 6.40. The molecule has 3 aromatic carbocycles. The highest BCUT2D eigenvalue weighted by Gasteiger charge is 2.21. The van der Waals surface area contributed by atoms with Crippen molar-refractivity contribution >= 4 is 77.2 Å². The summed E-state index contributed by atoms with van der Waals surface area (Å²) in [6.07, 6.45) is 0. The van der Waals surface area contributed by atoms with Crippen molar-refractivity contribution in [2.45, 2.75) is 6.92 Å². The van der Waals surface area contributed by atoms with Crippen molar-refractivity contribution in [2.75, 3.05) is 41.3 Å². The summed E-state index contributed by atoms with van der Waals surface area (Å²) in [5, 5.41) is 13.3. The summed E-state index contributed by atoms with van der Waals surface area (Å²) in [5.41, 5.74) is 3.91. The summed E-state index contributed by atoms with van der Waals surface area (Å²) in [6.45, 7) is 5.03. The van der Waals surface area contributed by atoms with Gasteiger partial charge in [0.1, 0.15) is 5.82 Å². The van der Waals surface area contributed by atoms with E-state index >= 15 is 0 Å². The number of aryl methyl sites for hydroxylation is 1. The maximum Gasteiger partial charge on any atom is 0.336 e. The van der Waals surface area contributed by atoms with E-state index in [4.69, 9.17) is 4.98 Å². The van der Waals surface area contributed by atoms with Crippen LogP contribution in [-0.4, -0.2) is 48.1 Å². The first-order valence-corrected chi connectivity index (χ1v) is 11.6. The largest absolute Gasteiger partial charge is 0.478 e. The quantitative estimate of drug-likeness (QED) is 0.300. The molecule has 1 amide bonds. The number of benzene rings is 3. The number of rotatable bonds is 5. The lowest BCUT2D eigenvalue weighted by Gasteiger charge is -2.37. The third kappa shape index (κ3) is 6.48. The van der Waals surface area contributed by atoms with E-state index in [0.717, 1.165) is 31.7 Å². The summed E-state index contributed by atoms with van der Waals surface area (Å²) in [7, 11) is 0. The van der Waals surface area contributed by atoms with Crippen molar-refractivity contribution in [1.82, 2.24) is 4.98 Å². The van der Waals surface area contributed by atoms with Crippen molar-refractivity contribution in [3.63, 3.8) is 0 Å². The van der Waals surface area contributed by atoms with Gasteiger partial charge in [-0.05, 0) is 55.0 Å². The van der Waals surface area contributed by atoms with Crippen molar-refractivity contribution in [2.24, 2.45) is 0 Å². The van der Waals surface area contributed by atoms with Crippen LogP contribution in [0.4, 0.5) is 17.2 Å². The molecular weight excluding hydrogens is 547 g/mol. The first kappa shape index (κ1) is 30.7. The number of fused-ring (bicyclic) bond motifs is 1. The van der Waals surface area contributed by atoms with Gasteiger partial charge in [0.2, 0.25) is 0 Å². The van der Waals surface area contributed by atoms with E-state index in [1.165, 1.54) is 5.69 Å². The van der Waals surface area contributed by atoms with Gasteiger partial charge < -0.3 is 20.2 Å². The minimum Gasteiger partial charge on any atom is -0.478 e. The Morgan fingerprint density at radius 3 is 2.08 bits per heavy atom. The van der Waals surface area contributed by atoms with Crippen LogP contribution < -0.4 is 15.1 Å². The van der Waals surface area contributed by atoms with Crippen LogP contribution in [0.3, 0.4) is 0 Å². The van der Waals surface area contributed by atoms with E-state index in [9.17, 15) is 14.7 Å². The molecule has 0 aliphatic carbocycles. The Kier molecular flexibility index (Phi) is 10.8. The smallest absolute Gasteiger partial charge is 0.336 e. The highest BCUT2D eigenvalue weighted by Crippen LogP contribution is 2.28. The molecule has 4 aromatic rings. The molecule has 10 heteroatoms. The van der Waals surface area contributed by atoms with Crippen molar-refractivity contribution in [3.05, 3.63) is 95.6 Å². The molecule has 1 aromatic heterocycles. The monoisotopic (exact) mass is 574 g/mol. The molecule has 200 valence electrons. The van der Waals surface area contributed by atoms with Gasteiger partial charge in [0.25, 0.3) is 5.91 Å². The maximum absolute atomic E-state index is 12.7. The van der Waals surface area contributed by atoms with Crippen molar-refractivity contribution in [3.8, 4) is 0 Å². The van der Waals surface area contributed by atoms with Gasteiger partial charge in [0.15, 0.2) is 0 Å². The number of carboxylic acids is 1. The molecule has 1 saturated heterocycles. The standard InChI is InChI=1S/C28H26N4O3.3ClH/c1-19-7-5-6-10-22(19)27(33)29-20-11-12-25-23(17-20)24(28(34)35)18-26(30-25)32-15-13-31(14-16-32)21-8-3-2-4-9-21;;;/h2-12,17-18H,13-16H2,1H3,(H,29,33)(H,34,35);3*1H. The highest BCUT2D eigenvalue weighted by molar-refractivity contribution is 6.08. The number of carbonyl (C=O) groups excluding carboxylic acids is 1. The Balaban J connectivity index is 0.00000169. The molecule has 1 aliphatic heterocycles. The number of nitrogens with one attached hydrogen (secondary N) is 1. The second-order valence-electron chi connectivity index (χ2n) is 8.64. The number of aromatic carboxylic acids is 1. The zero-order chi connectivity index (χ0) is 24.4. The third-order valence-electron chi connectivity index (χ3n) is 6.40. The number of pyridine rings is 1. The minimum absolute atomic E-state index is 0. The molecule has 0 radical (unpaired) electrons. The molecule has 1 fully saturated rings. The number of carbonyl (C=O) groups is 2. The molecule has 1 aliphatic rings. The number of hydrogen-bond acceptors (Lipinski definition) is 5. The number of amides is 1. The number of anilines is 3. The van der Waals surface area contributed by atoms with Crippen LogP contribution in [0.1, 0.15) is 26.3 Å². The number of piperazine rings is 1. The van der Waals surface area contributed by atoms with Gasteiger partial charge in [-0.25, -0.2) is 9.78 Å². The fourth-order valence-corrected chi connectivity index (χ4v) is 4.49. The first-order chi connectivity index (χ1) is 17.0. The molecular formula is C28H29Cl3N4O3. The minimum atomic E-state index is -1.02.